The maximum absolute atomic E-state index is 4.91. The lowest BCUT2D eigenvalue weighted by molar-refractivity contribution is 0.198. The van der Waals surface area contributed by atoms with Crippen LogP contribution in [0.2, 0.25) is 0 Å². The molecule has 2 N–H and O–H groups in total. The highest BCUT2D eigenvalue weighted by atomic mass is 16.5. The van der Waals surface area contributed by atoms with Gasteiger partial charge in [-0.2, -0.15) is 0 Å². The molecule has 11 heavy (non-hydrogen) atoms. The van der Waals surface area contributed by atoms with Crippen molar-refractivity contribution in [1.82, 2.24) is 10.6 Å². The van der Waals surface area contributed by atoms with Gasteiger partial charge in [-0.15, -0.1) is 0 Å². The molecule has 1 fully saturated rings. The standard InChI is InChI=1S/C8H18N2O/c1-11-5-4-9-3-2-8-6-10-7-8/h8-10H,2-7H2,1H3. The highest BCUT2D eigenvalue weighted by Crippen LogP contribution is 2.05. The normalized spacial score (nSPS) is 18.3. The lowest BCUT2D eigenvalue weighted by Gasteiger charge is -2.26. The lowest BCUT2D eigenvalue weighted by Crippen LogP contribution is -2.43. The molecule has 0 saturated carbocycles. The van der Waals surface area contributed by atoms with Gasteiger partial charge in [0.1, 0.15) is 0 Å². The van der Waals surface area contributed by atoms with Crippen molar-refractivity contribution >= 4 is 0 Å². The van der Waals surface area contributed by atoms with E-state index in [1.807, 2.05) is 0 Å². The monoisotopic (exact) mass is 158 g/mol. The Kier molecular flexibility index (Phi) is 4.50. The fourth-order valence-corrected chi connectivity index (χ4v) is 1.16. The molecule has 1 saturated heterocycles. The third kappa shape index (κ3) is 3.70. The summed E-state index contributed by atoms with van der Waals surface area (Å²) in [5.74, 6) is 0.921. The molecule has 1 aliphatic heterocycles. The summed E-state index contributed by atoms with van der Waals surface area (Å²) >= 11 is 0. The van der Waals surface area contributed by atoms with E-state index in [1.54, 1.807) is 7.11 Å². The zero-order valence-electron chi connectivity index (χ0n) is 7.23. The summed E-state index contributed by atoms with van der Waals surface area (Å²) in [5.41, 5.74) is 0. The first kappa shape index (κ1) is 8.97. The van der Waals surface area contributed by atoms with Crippen molar-refractivity contribution in [3.63, 3.8) is 0 Å². The number of ether oxygens (including phenoxy) is 1. The van der Waals surface area contributed by atoms with E-state index in [1.165, 1.54) is 19.5 Å². The van der Waals surface area contributed by atoms with Crippen LogP contribution in [0.3, 0.4) is 0 Å². The minimum atomic E-state index is 0.822. The Morgan fingerprint density at radius 1 is 1.45 bits per heavy atom. The van der Waals surface area contributed by atoms with Crippen LogP contribution in [-0.2, 0) is 4.74 Å². The van der Waals surface area contributed by atoms with Gasteiger partial charge < -0.3 is 15.4 Å². The molecular formula is C8H18N2O. The molecule has 0 amide bonds. The summed E-state index contributed by atoms with van der Waals surface area (Å²) in [5, 5.41) is 6.59. The molecule has 1 heterocycles. The Bertz CT molecular complexity index is 94.1. The summed E-state index contributed by atoms with van der Waals surface area (Å²) in [6, 6.07) is 0. The van der Waals surface area contributed by atoms with Crippen LogP contribution in [0.1, 0.15) is 6.42 Å². The third-order valence-electron chi connectivity index (χ3n) is 2.08. The summed E-state index contributed by atoms with van der Waals surface area (Å²) in [6.07, 6.45) is 1.30. The third-order valence-corrected chi connectivity index (χ3v) is 2.08. The van der Waals surface area contributed by atoms with Crippen LogP contribution in [0.25, 0.3) is 0 Å². The largest absolute Gasteiger partial charge is 0.383 e. The van der Waals surface area contributed by atoms with Crippen LogP contribution in [0, 0.1) is 5.92 Å². The van der Waals surface area contributed by atoms with Gasteiger partial charge in [0.15, 0.2) is 0 Å². The molecule has 3 heteroatoms. The second-order valence-electron chi connectivity index (χ2n) is 3.06. The van der Waals surface area contributed by atoms with E-state index >= 15 is 0 Å². The second kappa shape index (κ2) is 5.52. The van der Waals surface area contributed by atoms with Gasteiger partial charge in [0.2, 0.25) is 0 Å². The molecule has 3 nitrogen and oxygen atoms in total. The van der Waals surface area contributed by atoms with E-state index in [2.05, 4.69) is 10.6 Å². The minimum Gasteiger partial charge on any atom is -0.383 e. The Hall–Kier alpha value is -0.120. The zero-order chi connectivity index (χ0) is 7.94. The predicted octanol–water partition coefficient (Wildman–Crippen LogP) is -0.168. The number of hydrogen-bond donors (Lipinski definition) is 2. The van der Waals surface area contributed by atoms with Crippen molar-refractivity contribution < 1.29 is 4.74 Å². The van der Waals surface area contributed by atoms with Gasteiger partial charge in [0.05, 0.1) is 6.61 Å². The molecule has 66 valence electrons. The van der Waals surface area contributed by atoms with E-state index in [9.17, 15) is 0 Å². The second-order valence-corrected chi connectivity index (χ2v) is 3.06. The van der Waals surface area contributed by atoms with Gasteiger partial charge in [-0.1, -0.05) is 0 Å². The fraction of sp³-hybridized carbons (Fsp3) is 1.00. The zero-order valence-corrected chi connectivity index (χ0v) is 7.23. The average Bonchev–Trinajstić information content (AvgIpc) is 1.93. The minimum absolute atomic E-state index is 0.822. The molecule has 0 aromatic rings. The van der Waals surface area contributed by atoms with E-state index in [0.717, 1.165) is 25.6 Å². The Labute approximate surface area is 68.5 Å². The molecule has 1 rings (SSSR count). The highest BCUT2D eigenvalue weighted by Gasteiger charge is 2.14. The number of hydrogen-bond acceptors (Lipinski definition) is 3. The highest BCUT2D eigenvalue weighted by molar-refractivity contribution is 4.74. The van der Waals surface area contributed by atoms with Crippen LogP contribution in [0.4, 0.5) is 0 Å². The van der Waals surface area contributed by atoms with Crippen LogP contribution < -0.4 is 10.6 Å². The SMILES string of the molecule is COCCNCCC1CNC1. The van der Waals surface area contributed by atoms with Crippen molar-refractivity contribution in [1.29, 1.82) is 0 Å². The van der Waals surface area contributed by atoms with Crippen LogP contribution >= 0.6 is 0 Å². The Balaban J connectivity index is 1.73. The first-order valence-electron chi connectivity index (χ1n) is 4.34. The first-order valence-corrected chi connectivity index (χ1v) is 4.34. The first-order chi connectivity index (χ1) is 5.43. The molecule has 0 atom stereocenters. The number of rotatable bonds is 6. The molecule has 0 aromatic carbocycles. The van der Waals surface area contributed by atoms with Crippen molar-refractivity contribution in [3.05, 3.63) is 0 Å². The quantitative estimate of drug-likeness (QED) is 0.527. The fourth-order valence-electron chi connectivity index (χ4n) is 1.16. The molecule has 0 bridgehead atoms. The smallest absolute Gasteiger partial charge is 0.0587 e. The summed E-state index contributed by atoms with van der Waals surface area (Å²) in [6.45, 7) is 5.37. The maximum atomic E-state index is 4.91. The molecule has 0 aliphatic carbocycles. The topological polar surface area (TPSA) is 33.3 Å². The van der Waals surface area contributed by atoms with Gasteiger partial charge in [0.25, 0.3) is 0 Å². The van der Waals surface area contributed by atoms with E-state index in [-0.39, 0.29) is 0 Å². The van der Waals surface area contributed by atoms with Gasteiger partial charge in [0, 0.05) is 13.7 Å². The summed E-state index contributed by atoms with van der Waals surface area (Å²) in [4.78, 5) is 0. The van der Waals surface area contributed by atoms with Crippen molar-refractivity contribution in [3.8, 4) is 0 Å². The van der Waals surface area contributed by atoms with Gasteiger partial charge >= 0.3 is 0 Å². The predicted molar refractivity (Wildman–Crippen MR) is 45.7 cm³/mol. The van der Waals surface area contributed by atoms with E-state index < -0.39 is 0 Å². The average molecular weight is 158 g/mol. The van der Waals surface area contributed by atoms with Gasteiger partial charge in [-0.25, -0.2) is 0 Å². The van der Waals surface area contributed by atoms with Crippen molar-refractivity contribution in [2.24, 2.45) is 5.92 Å². The van der Waals surface area contributed by atoms with Crippen molar-refractivity contribution in [2.75, 3.05) is 39.9 Å². The number of methoxy groups -OCH3 is 1. The molecule has 0 spiro atoms. The Morgan fingerprint density at radius 2 is 2.27 bits per heavy atom. The summed E-state index contributed by atoms with van der Waals surface area (Å²) in [7, 11) is 1.73. The summed E-state index contributed by atoms with van der Waals surface area (Å²) < 4.78 is 4.91. The van der Waals surface area contributed by atoms with Gasteiger partial charge in [-0.05, 0) is 32.0 Å². The van der Waals surface area contributed by atoms with Crippen molar-refractivity contribution in [2.45, 2.75) is 6.42 Å². The van der Waals surface area contributed by atoms with Crippen LogP contribution in [-0.4, -0.2) is 39.9 Å². The van der Waals surface area contributed by atoms with E-state index in [4.69, 9.17) is 4.74 Å². The maximum Gasteiger partial charge on any atom is 0.0587 e. The van der Waals surface area contributed by atoms with Crippen LogP contribution in [0.15, 0.2) is 0 Å². The number of nitrogens with one attached hydrogen (secondary N) is 2. The molecule has 0 unspecified atom stereocenters. The molecule has 0 aromatic heterocycles. The Morgan fingerprint density at radius 3 is 2.82 bits per heavy atom. The van der Waals surface area contributed by atoms with Crippen LogP contribution in [0.5, 0.6) is 0 Å². The lowest BCUT2D eigenvalue weighted by atomic mass is 10.00. The molecule has 1 aliphatic rings. The molecule has 0 radical (unpaired) electrons. The van der Waals surface area contributed by atoms with E-state index in [0.29, 0.717) is 0 Å². The van der Waals surface area contributed by atoms with Gasteiger partial charge in [-0.3, -0.25) is 0 Å². The molecular weight excluding hydrogens is 140 g/mol.